The van der Waals surface area contributed by atoms with E-state index in [9.17, 15) is 14.4 Å². The van der Waals surface area contributed by atoms with Crippen molar-refractivity contribution in [2.45, 2.75) is 10.8 Å². The standard InChI is InChI=1S/C61H40N2.C43H28BrN.C18H14BNO2.CHBFPS.Bi.2H/c1-3-15-41(16-4-1)42-27-32-46(33-28-42)62(47-34-29-43(30-35-47)44-31-38-60-54(39-44)53-22-10-14-26-59(53)63(60)45-17-5-2-6-18-45)48-36-37-52-51-21-9-13-25-57(51)61(58(52)40-48)55-23-11-7-19-49(55)50-20-8-12-24-56(50)61;44-31-20-24-33(25-21-31)45(32-22-18-30(19-23-32)29-10-2-1-3-11-29)34-26-27-38-37-14-6-9-17-41(37)43(42(38)28-34)39-15-7-4-12-35(39)36-13-5-8-16-40(36)43;21-19(22)13-10-11-18-16(12-13)15-8-4-5-9-17(15)20(18)14-6-2-1-3-7-14;2-4-1(3)5;;;/h1-40H;1-28H;1-12,21-22H;4H;;;. The molecule has 2 spiro atoms. The third kappa shape index (κ3) is 14.9. The molecule has 2 N–H and O–H groups in total. The monoisotopic (exact) mass is 2040 g/mol. The van der Waals surface area contributed by atoms with E-state index in [4.69, 9.17) is 0 Å². The molecule has 645 valence electrons. The zero-order valence-corrected chi connectivity index (χ0v) is 81.7. The average Bonchev–Trinajstić information content (AvgIpc) is 1.51. The number of fused-ring (bicyclic) bond motifs is 26. The number of aromatic nitrogens is 2. The molecule has 0 saturated heterocycles. The maximum absolute atomic E-state index is 11.0. The molecule has 3 radical (unpaired) electrons. The molecule has 22 aromatic rings. The van der Waals surface area contributed by atoms with Crippen LogP contribution < -0.4 is 15.3 Å². The molecule has 26 rings (SSSR count). The first-order valence-electron chi connectivity index (χ1n) is 45.4. The Morgan fingerprint density at radius 2 is 0.529 bits per heavy atom. The fourth-order valence-corrected chi connectivity index (χ4v) is 21.9. The Bertz CT molecular complexity index is 8190. The van der Waals surface area contributed by atoms with Crippen LogP contribution in [0.25, 0.3) is 133 Å². The van der Waals surface area contributed by atoms with Crippen molar-refractivity contribution < 1.29 is 14.4 Å². The van der Waals surface area contributed by atoms with Crippen molar-refractivity contribution in [1.29, 1.82) is 0 Å². The molecule has 13 heteroatoms. The van der Waals surface area contributed by atoms with Crippen LogP contribution in [-0.2, 0) is 10.8 Å². The number of anilines is 6. The second kappa shape index (κ2) is 36.7. The molecule has 2 aromatic heterocycles. The van der Waals surface area contributed by atoms with E-state index in [1.807, 2.05) is 42.5 Å². The van der Waals surface area contributed by atoms with Gasteiger partial charge in [0.15, 0.2) is 4.86 Å². The van der Waals surface area contributed by atoms with Crippen molar-refractivity contribution >= 4 is 166 Å². The second-order valence-corrected chi connectivity index (χ2v) is 36.8. The van der Waals surface area contributed by atoms with Gasteiger partial charge in [-0.2, -0.15) is 4.39 Å². The summed E-state index contributed by atoms with van der Waals surface area (Å²) >= 11 is 7.57. The van der Waals surface area contributed by atoms with Crippen LogP contribution in [0.1, 0.15) is 44.5 Å². The van der Waals surface area contributed by atoms with Gasteiger partial charge in [-0.05, 0) is 280 Å². The van der Waals surface area contributed by atoms with Crippen LogP contribution in [0.4, 0.5) is 38.5 Å². The van der Waals surface area contributed by atoms with E-state index >= 15 is 0 Å². The van der Waals surface area contributed by atoms with Crippen LogP contribution in [0.2, 0.25) is 0 Å². The summed E-state index contributed by atoms with van der Waals surface area (Å²) in [5.41, 5.74) is 41.7. The number of hydrogen-bond acceptors (Lipinski definition) is 5. The van der Waals surface area contributed by atoms with Crippen LogP contribution >= 0.6 is 36.6 Å². The SMILES string of the molecule is Brc1ccc(N(c2ccc(-c3ccccc3)cc2)c2ccc3c(c2)C2(c4ccccc4-c4ccccc42)c2ccccc2-3)cc1.OB(O)c1ccc2c(c1)c1ccccc1n2-c1ccccc1.[B]PC(F)=S.[BiH2].c1ccc(-c2ccc(N(c3ccc(-c4ccc5c(c4)c4ccccc4n5-c4ccccc4)cc3)c3ccc4c(c3)C3(c5ccccc5-c5ccccc53)c3ccccc3-4)cc2)cc1. The third-order valence-corrected chi connectivity index (χ3v) is 28.4. The Kier molecular flexibility index (Phi) is 23.4. The molecule has 0 aliphatic heterocycles. The van der Waals surface area contributed by atoms with Crippen molar-refractivity contribution in [2.75, 3.05) is 9.80 Å². The van der Waals surface area contributed by atoms with Crippen molar-refractivity contribution in [3.63, 3.8) is 0 Å². The number of rotatable bonds is 13. The topological polar surface area (TPSA) is 56.8 Å². The quantitative estimate of drug-likeness (QED) is 0.0521. The zero-order chi connectivity index (χ0) is 90.8. The molecule has 0 saturated carbocycles. The summed E-state index contributed by atoms with van der Waals surface area (Å²) in [6.45, 7) is 0. The molecule has 20 aromatic carbocycles. The van der Waals surface area contributed by atoms with E-state index in [2.05, 4.69) is 491 Å². The first kappa shape index (κ1) is 86.8. The van der Waals surface area contributed by atoms with Crippen LogP contribution in [0.5, 0.6) is 0 Å². The predicted octanol–water partition coefficient (Wildman–Crippen LogP) is 30.4. The number of para-hydroxylation sites is 4. The molecule has 0 bridgehead atoms. The van der Waals surface area contributed by atoms with Gasteiger partial charge < -0.3 is 29.0 Å². The number of halogens is 2. The van der Waals surface area contributed by atoms with Gasteiger partial charge in [0.05, 0.1) is 32.9 Å². The molecule has 0 amide bonds. The number of hydrogen-bond donors (Lipinski definition) is 2. The Balaban J connectivity index is 0.000000127. The van der Waals surface area contributed by atoms with Crippen molar-refractivity contribution in [1.82, 2.24) is 9.13 Å². The molecular weight excluding hydrogens is 1960 g/mol. The zero-order valence-electron chi connectivity index (χ0n) is 73.8. The van der Waals surface area contributed by atoms with E-state index in [-0.39, 0.29) is 40.1 Å². The molecule has 0 fully saturated rings. The molecule has 1 atom stereocenters. The minimum atomic E-state index is -1.46. The largest absolute Gasteiger partial charge is 0.310 e. The summed E-state index contributed by atoms with van der Waals surface area (Å²) in [7, 11) is 2.91. The summed E-state index contributed by atoms with van der Waals surface area (Å²) in [6.07, 6.45) is 0. The number of thiocarbonyl (C=S) groups is 1. The molecular formula is C123H85B2BiBrFN4O2PS. The van der Waals surface area contributed by atoms with E-state index in [0.717, 1.165) is 66.1 Å². The Labute approximate surface area is 826 Å². The van der Waals surface area contributed by atoms with Crippen LogP contribution in [-0.4, -0.2) is 64.9 Å². The summed E-state index contributed by atoms with van der Waals surface area (Å²) in [5, 5.41) is 23.5. The molecule has 4 aliphatic rings. The fraction of sp³-hybridized carbons (Fsp3) is 0.0163. The van der Waals surface area contributed by atoms with Gasteiger partial charge in [-0.25, -0.2) is 0 Å². The molecule has 6 nitrogen and oxygen atoms in total. The van der Waals surface area contributed by atoms with Gasteiger partial charge in [-0.1, -0.05) is 370 Å². The van der Waals surface area contributed by atoms with Gasteiger partial charge in [-0.15, -0.1) is 0 Å². The smallest absolute Gasteiger partial charge is 0.0726 e. The van der Waals surface area contributed by atoms with Crippen molar-refractivity contribution in [2.24, 2.45) is 0 Å². The van der Waals surface area contributed by atoms with Crippen LogP contribution in [0.3, 0.4) is 0 Å². The normalized spacial score (nSPS) is 12.5. The summed E-state index contributed by atoms with van der Waals surface area (Å²) in [5.74, 6) is 0. The molecule has 1 unspecified atom stereocenters. The number of nitrogens with zero attached hydrogens (tertiary/aromatic N) is 4. The summed E-state index contributed by atoms with van der Waals surface area (Å²) < 4.78 is 16.7. The van der Waals surface area contributed by atoms with Gasteiger partial charge >= 0.3 is 33.3 Å². The maximum atomic E-state index is 11.0. The van der Waals surface area contributed by atoms with E-state index < -0.39 is 17.4 Å². The van der Waals surface area contributed by atoms with Gasteiger partial charge in [0.25, 0.3) is 0 Å². The van der Waals surface area contributed by atoms with Gasteiger partial charge in [-0.3, -0.25) is 0 Å². The van der Waals surface area contributed by atoms with Crippen molar-refractivity contribution in [3.05, 3.63) is 534 Å². The predicted molar refractivity (Wildman–Crippen MR) is 580 cm³/mol. The molecule has 2 heterocycles. The van der Waals surface area contributed by atoms with E-state index in [0.29, 0.717) is 5.46 Å². The average molecular weight is 2040 g/mol. The van der Waals surface area contributed by atoms with Gasteiger partial charge in [0.2, 0.25) is 0 Å². The number of benzene rings is 20. The van der Waals surface area contributed by atoms with Crippen LogP contribution in [0, 0.1) is 0 Å². The minimum Gasteiger partial charge on any atom is -0.310 e. The van der Waals surface area contributed by atoms with E-state index in [1.54, 1.807) is 6.07 Å². The first-order chi connectivity index (χ1) is 66.5. The maximum Gasteiger partial charge on any atom is 0.0726 e. The molecule has 136 heavy (non-hydrogen) atoms. The van der Waals surface area contributed by atoms with Crippen LogP contribution in [0.15, 0.2) is 490 Å². The summed E-state index contributed by atoms with van der Waals surface area (Å²) in [6, 6.07) is 175. The van der Waals surface area contributed by atoms with Gasteiger partial charge in [0, 0.05) is 71.5 Å². The van der Waals surface area contributed by atoms with E-state index in [1.165, 1.54) is 150 Å². The minimum absolute atomic E-state index is 0. The Morgan fingerprint density at radius 1 is 0.272 bits per heavy atom. The Hall–Kier alpha value is -14.5. The third-order valence-electron chi connectivity index (χ3n) is 27.3. The summed E-state index contributed by atoms with van der Waals surface area (Å²) in [4.78, 5) is 4.20. The van der Waals surface area contributed by atoms with Gasteiger partial charge in [0.1, 0.15) is 7.57 Å². The van der Waals surface area contributed by atoms with Crippen molar-refractivity contribution in [3.8, 4) is 89.3 Å². The Morgan fingerprint density at radius 3 is 0.875 bits per heavy atom. The fourth-order valence-electron chi connectivity index (χ4n) is 21.6. The molecule has 4 aliphatic carbocycles. The second-order valence-electron chi connectivity index (χ2n) is 34.4. The first-order valence-corrected chi connectivity index (χ1v) is 47.6.